The van der Waals surface area contributed by atoms with Crippen LogP contribution in [0.4, 0.5) is 26.3 Å². The molecule has 0 fully saturated rings. The minimum absolute atomic E-state index is 0. The van der Waals surface area contributed by atoms with Gasteiger partial charge in [0, 0.05) is 57.3 Å². The van der Waals surface area contributed by atoms with E-state index in [1.807, 2.05) is 18.2 Å². The third kappa shape index (κ3) is 29.0. The second-order valence-electron chi connectivity index (χ2n) is 13.7. The van der Waals surface area contributed by atoms with E-state index in [2.05, 4.69) is 36.1 Å². The number of rotatable bonds is 11. The van der Waals surface area contributed by atoms with E-state index in [0.29, 0.717) is 24.0 Å². The molecule has 0 saturated heterocycles. The maximum absolute atomic E-state index is 13.5. The van der Waals surface area contributed by atoms with Crippen molar-refractivity contribution in [1.29, 1.82) is 0 Å². The Morgan fingerprint density at radius 1 is 0.700 bits per heavy atom. The number of hydrogen-bond acceptors (Lipinski definition) is 8. The number of primary amides is 2. The monoisotopic (exact) mass is 1170 g/mol. The summed E-state index contributed by atoms with van der Waals surface area (Å²) in [4.78, 5) is 37.9. The molecule has 0 bridgehead atoms. The molecule has 0 aliphatic heterocycles. The van der Waals surface area contributed by atoms with E-state index in [4.69, 9.17) is 29.5 Å². The van der Waals surface area contributed by atoms with Crippen LogP contribution in [0.2, 0.25) is 5.15 Å². The zero-order valence-corrected chi connectivity index (χ0v) is 63.0. The standard InChI is InChI=1S/C21H22F3N5O.C11H11NO.C10H8ClF3N4.2CH4.7K.H/c1-13(20(25)30)16-6-4-3-5-15(16)7-8-18-17(21(22,23)24)11-26-19(28-18)9-14-10-27-29(2)12-14;1-3-9-6-4-5-7-10(9)8(2)11(12)13;1-18-5-6(3-16-18)2-8-15-4-7(9(11)17-8)10(12,13)14;;;;;;;;;;/h3-6,10-13H,7-9H2,1-2H3,(H2,25,30);1,4-8H,2H3,(H2,12,13);3-5H,2H2,1H3;2*1H4;;;;;;;;/q;;;;;;;;;;;+1;-1. The van der Waals surface area contributed by atoms with Gasteiger partial charge in [-0.05, 0) is 60.6 Å². The van der Waals surface area contributed by atoms with Crippen molar-refractivity contribution in [1.82, 2.24) is 39.5 Å². The van der Waals surface area contributed by atoms with Crippen LogP contribution in [-0.2, 0) is 61.7 Å². The van der Waals surface area contributed by atoms with E-state index >= 15 is 0 Å². The van der Waals surface area contributed by atoms with E-state index in [1.54, 1.807) is 92.4 Å². The predicted molar refractivity (Wildman–Crippen MR) is 264 cm³/mol. The molecule has 2 atom stereocenters. The van der Waals surface area contributed by atoms with E-state index in [-0.39, 0.29) is 110 Å². The van der Waals surface area contributed by atoms with Crippen molar-refractivity contribution in [3.05, 3.63) is 153 Å². The SMILES string of the molecule is C.C.C#Cc1ccccc1C(C)C(N)=O.CC(C(N)=O)c1ccccc1CCc1nc(Cc2cnn(C)c2)ncc1C(F)(F)F.Cn1cc(Cc2ncc(C(F)(F)F)c(Cl)n2)cn1.[H-].[K+].[K][K].[K][K].[K][K]. The van der Waals surface area contributed by atoms with Crippen LogP contribution in [0, 0.1) is 12.3 Å². The predicted octanol–water partition coefficient (Wildman–Crippen LogP) is 3.03. The number of alkyl halides is 6. The molecule has 2 amide bonds. The van der Waals surface area contributed by atoms with Gasteiger partial charge in [0.25, 0.3) is 0 Å². The quantitative estimate of drug-likeness (QED) is 0.0863. The molecule has 0 aliphatic carbocycles. The van der Waals surface area contributed by atoms with Crippen LogP contribution in [0.5, 0.6) is 0 Å². The molecule has 4 aromatic heterocycles. The fraction of sp³-hybridized carbons (Fsp3) is 0.318. The van der Waals surface area contributed by atoms with Crippen molar-refractivity contribution in [2.75, 3.05) is 0 Å². The van der Waals surface area contributed by atoms with E-state index < -0.39 is 40.5 Å². The zero-order valence-electron chi connectivity index (χ0n) is 41.3. The fourth-order valence-electron chi connectivity index (χ4n) is 5.88. The number of nitrogens with zero attached hydrogens (tertiary/aromatic N) is 8. The van der Waals surface area contributed by atoms with Crippen molar-refractivity contribution in [2.24, 2.45) is 25.6 Å². The molecule has 0 spiro atoms. The van der Waals surface area contributed by atoms with Gasteiger partial charge in [0.1, 0.15) is 22.4 Å². The van der Waals surface area contributed by atoms with Crippen LogP contribution >= 0.6 is 11.6 Å². The Morgan fingerprint density at radius 2 is 1.11 bits per heavy atom. The number of halogens is 7. The number of nitrogens with two attached hydrogens (primary N) is 2. The van der Waals surface area contributed by atoms with Crippen molar-refractivity contribution in [3.63, 3.8) is 0 Å². The molecule has 70 heavy (non-hydrogen) atoms. The van der Waals surface area contributed by atoms with Gasteiger partial charge < -0.3 is 12.9 Å². The number of aryl methyl sites for hydroxylation is 4. The molecule has 4 N–H and O–H groups in total. The van der Waals surface area contributed by atoms with Crippen molar-refractivity contribution < 1.29 is 88.7 Å². The molecule has 26 heteroatoms. The first-order chi connectivity index (χ1) is 31.7. The number of carbonyl (C=O) groups excluding carboxylic acids is 2. The van der Waals surface area contributed by atoms with Crippen molar-refractivity contribution >= 4 is 213 Å². The summed E-state index contributed by atoms with van der Waals surface area (Å²) in [6, 6.07) is 14.4. The number of terminal acetylenes is 1. The van der Waals surface area contributed by atoms with Crippen LogP contribution in [0.25, 0.3) is 0 Å². The molecule has 2 unspecified atom stereocenters. The molecule has 6 aromatic rings. The normalized spacial score (nSPS) is 11.0. The van der Waals surface area contributed by atoms with Gasteiger partial charge in [-0.1, -0.05) is 74.8 Å². The van der Waals surface area contributed by atoms with Gasteiger partial charge in [0.05, 0.1) is 35.5 Å². The number of amides is 2. The first-order valence-corrected chi connectivity index (χ1v) is 69.7. The molecule has 12 nitrogen and oxygen atoms in total. The maximum atomic E-state index is 13.5. The zero-order chi connectivity index (χ0) is 51.1. The Bertz CT molecular complexity index is 2530. The van der Waals surface area contributed by atoms with E-state index in [0.717, 1.165) is 34.0 Å². The number of carbonyl (C=O) groups is 2. The third-order valence-corrected chi connectivity index (χ3v) is 9.44. The Hall–Kier alpha value is 4.84. The van der Waals surface area contributed by atoms with Crippen LogP contribution in [0.3, 0.4) is 0 Å². The van der Waals surface area contributed by atoms with Crippen molar-refractivity contribution in [2.45, 2.75) is 78.6 Å². The van der Waals surface area contributed by atoms with Gasteiger partial charge in [-0.2, -0.15) is 36.5 Å². The van der Waals surface area contributed by atoms with Gasteiger partial charge >= 0.3 is 253 Å². The summed E-state index contributed by atoms with van der Waals surface area (Å²) in [7, 11) is 3.50. The van der Waals surface area contributed by atoms with Gasteiger partial charge in [-0.25, -0.2) is 19.9 Å². The number of benzene rings is 2. The first-order valence-electron chi connectivity index (χ1n) is 21.3. The molecule has 2 aromatic carbocycles. The molecule has 0 saturated carbocycles. The van der Waals surface area contributed by atoms with Gasteiger partial charge in [-0.3, -0.25) is 19.0 Å². The van der Waals surface area contributed by atoms with Gasteiger partial charge in [-0.15, -0.1) is 6.42 Å². The molecule has 4 heterocycles. The summed E-state index contributed by atoms with van der Waals surface area (Å²) in [6.07, 6.45) is 5.36. The summed E-state index contributed by atoms with van der Waals surface area (Å²) in [6.45, 7) is 3.43. The average Bonchev–Trinajstić information content (AvgIpc) is 3.92. The molecular weight excluding hydrogens is 1120 g/mol. The third-order valence-electron chi connectivity index (χ3n) is 9.15. The minimum atomic E-state index is -4.55. The van der Waals surface area contributed by atoms with E-state index in [9.17, 15) is 35.9 Å². The topological polar surface area (TPSA) is 173 Å². The van der Waals surface area contributed by atoms with Crippen LogP contribution in [0.1, 0.15) is 104 Å². The van der Waals surface area contributed by atoms with Crippen LogP contribution in [-0.4, -0.2) is 241 Å². The fourth-order valence-corrected chi connectivity index (χ4v) is 6.14. The number of aromatic nitrogens is 8. The molecule has 0 aliphatic rings. The van der Waals surface area contributed by atoms with E-state index in [1.165, 1.54) is 189 Å². The summed E-state index contributed by atoms with van der Waals surface area (Å²) < 4.78 is 81.0. The average molecular weight is 1170 g/mol. The molecule has 0 radical (unpaired) electrons. The van der Waals surface area contributed by atoms with Crippen LogP contribution in [0.15, 0.2) is 85.7 Å². The summed E-state index contributed by atoms with van der Waals surface area (Å²) >= 11 is 13.0. The molecule has 6 rings (SSSR count). The molecule has 344 valence electrons. The Morgan fingerprint density at radius 3 is 1.53 bits per heavy atom. The molecular formula is C44H50ClF6K7N10O2. The number of hydrogen-bond donors (Lipinski definition) is 2. The summed E-state index contributed by atoms with van der Waals surface area (Å²) in [5, 5.41) is 7.41. The second kappa shape index (κ2) is 42.7. The Balaban J connectivity index is -0.000000471. The summed E-state index contributed by atoms with van der Waals surface area (Å²) in [5.74, 6) is 1.34. The van der Waals surface area contributed by atoms with Crippen molar-refractivity contribution in [3.8, 4) is 12.3 Å². The van der Waals surface area contributed by atoms with Gasteiger partial charge in [0.15, 0.2) is 0 Å². The van der Waals surface area contributed by atoms with Crippen LogP contribution < -0.4 is 62.9 Å². The van der Waals surface area contributed by atoms with Gasteiger partial charge in [0.2, 0.25) is 11.8 Å². The Labute approximate surface area is 592 Å². The second-order valence-corrected chi connectivity index (χ2v) is 14.1. The summed E-state index contributed by atoms with van der Waals surface area (Å²) in [5.41, 5.74) is 13.3. The first kappa shape index (κ1) is 79.1. The Kier molecular flexibility index (Phi) is 48.2.